The molecule has 0 amide bonds. The van der Waals surface area contributed by atoms with Gasteiger partial charge in [-0.3, -0.25) is 9.59 Å². The Kier molecular flexibility index (Phi) is 2.11. The number of aliphatic hydroxyl groups is 2. The second kappa shape index (κ2) is 3.31. The van der Waals surface area contributed by atoms with E-state index in [0.717, 1.165) is 0 Å². The fraction of sp³-hybridized carbons (Fsp3) is 0.286. The summed E-state index contributed by atoms with van der Waals surface area (Å²) in [6, 6.07) is 6.41. The van der Waals surface area contributed by atoms with Crippen molar-refractivity contribution in [2.24, 2.45) is 0 Å². The van der Waals surface area contributed by atoms with Crippen molar-refractivity contribution >= 4 is 11.6 Å². The van der Waals surface area contributed by atoms with Crippen LogP contribution in [0.4, 0.5) is 0 Å². The number of ketones is 2. The third kappa shape index (κ3) is 1.12. The fourth-order valence-corrected chi connectivity index (χ4v) is 3.13. The van der Waals surface area contributed by atoms with Crippen LogP contribution in [0.3, 0.4) is 0 Å². The largest absolute Gasteiger partial charge is 0.372 e. The zero-order chi connectivity index (χ0) is 14.0. The highest BCUT2D eigenvalue weighted by atomic mass is 16.4. The van der Waals surface area contributed by atoms with Crippen LogP contribution in [-0.4, -0.2) is 27.4 Å². The van der Waals surface area contributed by atoms with Crippen molar-refractivity contribution in [3.05, 3.63) is 46.7 Å². The minimum absolute atomic E-state index is 0.0730. The number of allylic oxidation sites excluding steroid dienone is 1. The van der Waals surface area contributed by atoms with Gasteiger partial charge >= 0.3 is 0 Å². The van der Waals surface area contributed by atoms with E-state index in [2.05, 4.69) is 5.32 Å². The van der Waals surface area contributed by atoms with Crippen LogP contribution >= 0.6 is 0 Å². The number of carbonyl (C=O) groups is 2. The van der Waals surface area contributed by atoms with Gasteiger partial charge in [-0.2, -0.15) is 0 Å². The summed E-state index contributed by atoms with van der Waals surface area (Å²) in [5, 5.41) is 24.2. The van der Waals surface area contributed by atoms with E-state index in [4.69, 9.17) is 0 Å². The quantitative estimate of drug-likeness (QED) is 0.672. The van der Waals surface area contributed by atoms with Crippen LogP contribution in [-0.2, 0) is 10.5 Å². The van der Waals surface area contributed by atoms with Gasteiger partial charge in [-0.05, 0) is 13.8 Å². The summed E-state index contributed by atoms with van der Waals surface area (Å²) in [6.07, 6.45) is 0. The van der Waals surface area contributed by atoms with Gasteiger partial charge in [0.25, 0.3) is 0 Å². The first-order valence-corrected chi connectivity index (χ1v) is 5.93. The lowest BCUT2D eigenvalue weighted by atomic mass is 9.84. The average Bonchev–Trinajstić information content (AvgIpc) is 2.65. The first kappa shape index (κ1) is 12.1. The third-order valence-electron chi connectivity index (χ3n) is 3.87. The molecule has 5 nitrogen and oxygen atoms in total. The maximum atomic E-state index is 12.4. The highest BCUT2D eigenvalue weighted by Gasteiger charge is 2.69. The molecule has 0 saturated carbocycles. The van der Waals surface area contributed by atoms with Gasteiger partial charge in [-0.1, -0.05) is 24.3 Å². The molecule has 1 aliphatic carbocycles. The summed E-state index contributed by atoms with van der Waals surface area (Å²) in [5.74, 6) is -1.09. The van der Waals surface area contributed by atoms with Crippen LogP contribution in [0, 0.1) is 0 Å². The molecule has 1 aromatic rings. The Balaban J connectivity index is 2.33. The van der Waals surface area contributed by atoms with Gasteiger partial charge in [0.05, 0.1) is 5.57 Å². The molecular formula is C14H13NO4. The van der Waals surface area contributed by atoms with Crippen molar-refractivity contribution in [3.63, 3.8) is 0 Å². The van der Waals surface area contributed by atoms with Gasteiger partial charge in [0.15, 0.2) is 5.78 Å². The molecule has 3 N–H and O–H groups in total. The Morgan fingerprint density at radius 1 is 1.26 bits per heavy atom. The van der Waals surface area contributed by atoms with Crippen molar-refractivity contribution < 1.29 is 19.8 Å². The maximum absolute atomic E-state index is 12.4. The Morgan fingerprint density at radius 2 is 1.89 bits per heavy atom. The van der Waals surface area contributed by atoms with E-state index in [1.165, 1.54) is 13.0 Å². The standard InChI is InChI=1S/C14H13NO4/c1-7-11(8(2)16)13(18)12(17)9-5-3-4-6-10(9)14(13,19)15-7/h3-6,15,18-19H,1-2H3/t13-,14-/m1/s1. The van der Waals surface area contributed by atoms with E-state index in [1.54, 1.807) is 25.1 Å². The molecule has 0 fully saturated rings. The lowest BCUT2D eigenvalue weighted by Gasteiger charge is -2.32. The summed E-state index contributed by atoms with van der Waals surface area (Å²) in [7, 11) is 0. The van der Waals surface area contributed by atoms with Crippen LogP contribution < -0.4 is 5.32 Å². The molecule has 0 saturated heterocycles. The Bertz CT molecular complexity index is 663. The molecule has 19 heavy (non-hydrogen) atoms. The number of nitrogens with one attached hydrogen (secondary N) is 1. The van der Waals surface area contributed by atoms with Crippen LogP contribution in [0.15, 0.2) is 35.5 Å². The van der Waals surface area contributed by atoms with Gasteiger partial charge in [0.1, 0.15) is 0 Å². The van der Waals surface area contributed by atoms with E-state index >= 15 is 0 Å². The number of rotatable bonds is 1. The molecule has 0 bridgehead atoms. The molecule has 2 aliphatic rings. The lowest BCUT2D eigenvalue weighted by molar-refractivity contribution is -0.125. The van der Waals surface area contributed by atoms with Gasteiger partial charge in [-0.15, -0.1) is 0 Å². The van der Waals surface area contributed by atoms with E-state index in [1.807, 2.05) is 0 Å². The molecule has 0 radical (unpaired) electrons. The van der Waals surface area contributed by atoms with Gasteiger partial charge in [0.2, 0.25) is 17.1 Å². The monoisotopic (exact) mass is 259 g/mol. The summed E-state index contributed by atoms with van der Waals surface area (Å²) in [5.41, 5.74) is -3.45. The number of fused-ring (bicyclic) bond motifs is 3. The highest BCUT2D eigenvalue weighted by Crippen LogP contribution is 2.51. The average molecular weight is 259 g/mol. The van der Waals surface area contributed by atoms with E-state index < -0.39 is 22.9 Å². The molecule has 5 heteroatoms. The Labute approximate surface area is 109 Å². The van der Waals surface area contributed by atoms with Crippen LogP contribution in [0.2, 0.25) is 0 Å². The first-order valence-electron chi connectivity index (χ1n) is 5.93. The van der Waals surface area contributed by atoms with Crippen molar-refractivity contribution in [3.8, 4) is 0 Å². The van der Waals surface area contributed by atoms with Crippen molar-refractivity contribution in [1.29, 1.82) is 0 Å². The molecule has 0 aromatic heterocycles. The Morgan fingerprint density at radius 3 is 2.53 bits per heavy atom. The number of hydrogen-bond acceptors (Lipinski definition) is 5. The minimum atomic E-state index is -2.24. The van der Waals surface area contributed by atoms with Gasteiger partial charge in [0, 0.05) is 16.8 Å². The molecule has 2 atom stereocenters. The van der Waals surface area contributed by atoms with Crippen LogP contribution in [0.1, 0.15) is 29.8 Å². The fourth-order valence-electron chi connectivity index (χ4n) is 3.13. The molecular weight excluding hydrogens is 246 g/mol. The topological polar surface area (TPSA) is 86.6 Å². The van der Waals surface area contributed by atoms with E-state index in [0.29, 0.717) is 5.70 Å². The second-order valence-electron chi connectivity index (χ2n) is 4.98. The molecule has 1 aliphatic heterocycles. The minimum Gasteiger partial charge on any atom is -0.372 e. The maximum Gasteiger partial charge on any atom is 0.210 e. The molecule has 0 unspecified atom stereocenters. The summed E-state index contributed by atoms with van der Waals surface area (Å²) >= 11 is 0. The normalized spacial score (nSPS) is 32.1. The summed E-state index contributed by atoms with van der Waals surface area (Å²) in [6.45, 7) is 2.82. The van der Waals surface area contributed by atoms with E-state index in [9.17, 15) is 19.8 Å². The first-order chi connectivity index (χ1) is 8.84. The second-order valence-corrected chi connectivity index (χ2v) is 4.98. The number of hydrogen-bond donors (Lipinski definition) is 3. The summed E-state index contributed by atoms with van der Waals surface area (Å²) in [4.78, 5) is 24.2. The molecule has 1 aromatic carbocycles. The number of Topliss-reactive ketones (excluding diaryl/α,β-unsaturated/α-hetero) is 2. The predicted molar refractivity (Wildman–Crippen MR) is 66.1 cm³/mol. The van der Waals surface area contributed by atoms with Crippen molar-refractivity contribution in [2.45, 2.75) is 25.2 Å². The van der Waals surface area contributed by atoms with Crippen molar-refractivity contribution in [1.82, 2.24) is 5.32 Å². The lowest BCUT2D eigenvalue weighted by Crippen LogP contribution is -2.56. The van der Waals surface area contributed by atoms with Crippen molar-refractivity contribution in [2.75, 3.05) is 0 Å². The van der Waals surface area contributed by atoms with Crippen LogP contribution in [0.5, 0.6) is 0 Å². The smallest absolute Gasteiger partial charge is 0.210 e. The zero-order valence-corrected chi connectivity index (χ0v) is 10.5. The predicted octanol–water partition coefficient (Wildman–Crippen LogP) is 0.225. The molecule has 0 spiro atoms. The Hall–Kier alpha value is -1.98. The molecule has 3 rings (SSSR count). The van der Waals surface area contributed by atoms with E-state index in [-0.39, 0.29) is 16.7 Å². The van der Waals surface area contributed by atoms with Gasteiger partial charge in [-0.25, -0.2) is 0 Å². The SMILES string of the molecule is CC(=O)C1=C(C)N[C@@]2(O)c3ccccc3C(=O)[C@]12O. The summed E-state index contributed by atoms with van der Waals surface area (Å²) < 4.78 is 0. The van der Waals surface area contributed by atoms with Gasteiger partial charge < -0.3 is 15.5 Å². The highest BCUT2D eigenvalue weighted by molar-refractivity contribution is 6.17. The number of benzene rings is 1. The van der Waals surface area contributed by atoms with Crippen LogP contribution in [0.25, 0.3) is 0 Å². The zero-order valence-electron chi connectivity index (χ0n) is 10.5. The molecule has 98 valence electrons. The number of carbonyl (C=O) groups excluding carboxylic acids is 2. The molecule has 1 heterocycles. The third-order valence-corrected chi connectivity index (χ3v) is 3.87.